The van der Waals surface area contributed by atoms with E-state index < -0.39 is 21.9 Å². The van der Waals surface area contributed by atoms with E-state index in [1.807, 2.05) is 0 Å². The lowest BCUT2D eigenvalue weighted by Gasteiger charge is -2.12. The molecule has 3 N–H and O–H groups in total. The smallest absolute Gasteiger partial charge is 0.335 e. The lowest BCUT2D eigenvalue weighted by molar-refractivity contribution is 0.0696. The number of carbonyl (C=O) groups excluding carboxylic acids is 1. The number of hydrogen-bond acceptors (Lipinski definition) is 4. The second-order valence-electron chi connectivity index (χ2n) is 6.43. The molecule has 0 unspecified atom stereocenters. The van der Waals surface area contributed by atoms with Crippen molar-refractivity contribution in [3.05, 3.63) is 87.9 Å². The van der Waals surface area contributed by atoms with E-state index in [0.717, 1.165) is 4.47 Å². The summed E-state index contributed by atoms with van der Waals surface area (Å²) in [6.45, 7) is 1.64. The SMILES string of the molecule is Cc1ccc(C(=O)Nc2ccc(C(=O)O)cc2)cc1S(=O)(=O)Nc1ccc(Br)cc1. The van der Waals surface area contributed by atoms with E-state index in [4.69, 9.17) is 5.11 Å². The minimum absolute atomic E-state index is 0.0145. The summed E-state index contributed by atoms with van der Waals surface area (Å²) in [5, 5.41) is 11.6. The van der Waals surface area contributed by atoms with Gasteiger partial charge in [-0.1, -0.05) is 22.0 Å². The van der Waals surface area contributed by atoms with Crippen molar-refractivity contribution in [3.8, 4) is 0 Å². The molecule has 0 bridgehead atoms. The monoisotopic (exact) mass is 488 g/mol. The van der Waals surface area contributed by atoms with Crippen molar-refractivity contribution >= 4 is 49.2 Å². The molecule has 1 amide bonds. The van der Waals surface area contributed by atoms with Crippen LogP contribution in [0.5, 0.6) is 0 Å². The molecule has 0 aliphatic carbocycles. The van der Waals surface area contributed by atoms with Gasteiger partial charge in [-0.2, -0.15) is 0 Å². The summed E-state index contributed by atoms with van der Waals surface area (Å²) in [6.07, 6.45) is 0. The molecule has 7 nitrogen and oxygen atoms in total. The molecule has 154 valence electrons. The number of carboxylic acid groups (broad SMARTS) is 1. The Labute approximate surface area is 181 Å². The van der Waals surface area contributed by atoms with E-state index in [1.54, 1.807) is 37.3 Å². The van der Waals surface area contributed by atoms with Crippen LogP contribution >= 0.6 is 15.9 Å². The van der Waals surface area contributed by atoms with Gasteiger partial charge in [0, 0.05) is 21.4 Å². The van der Waals surface area contributed by atoms with E-state index >= 15 is 0 Å². The summed E-state index contributed by atoms with van der Waals surface area (Å²) in [4.78, 5) is 23.5. The average molecular weight is 489 g/mol. The molecule has 0 atom stereocenters. The first-order chi connectivity index (χ1) is 14.2. The molecule has 0 saturated heterocycles. The van der Waals surface area contributed by atoms with Crippen molar-refractivity contribution in [2.75, 3.05) is 10.0 Å². The molecular weight excluding hydrogens is 472 g/mol. The maximum atomic E-state index is 12.8. The van der Waals surface area contributed by atoms with E-state index in [2.05, 4.69) is 26.0 Å². The third kappa shape index (κ3) is 5.05. The number of amides is 1. The number of aromatic carboxylic acids is 1. The molecule has 3 rings (SSSR count). The highest BCUT2D eigenvalue weighted by molar-refractivity contribution is 9.10. The molecule has 0 radical (unpaired) electrons. The highest BCUT2D eigenvalue weighted by Crippen LogP contribution is 2.23. The third-order valence-electron chi connectivity index (χ3n) is 4.23. The van der Waals surface area contributed by atoms with Crippen molar-refractivity contribution in [2.45, 2.75) is 11.8 Å². The highest BCUT2D eigenvalue weighted by atomic mass is 79.9. The van der Waals surface area contributed by atoms with Crippen LogP contribution in [0.1, 0.15) is 26.3 Å². The first kappa shape index (κ1) is 21.5. The van der Waals surface area contributed by atoms with Gasteiger partial charge in [-0.05, 0) is 73.2 Å². The molecule has 0 aromatic heterocycles. The minimum Gasteiger partial charge on any atom is -0.478 e. The summed E-state index contributed by atoms with van der Waals surface area (Å²) < 4.78 is 29.0. The minimum atomic E-state index is -3.91. The first-order valence-electron chi connectivity index (χ1n) is 8.69. The maximum absolute atomic E-state index is 12.8. The summed E-state index contributed by atoms with van der Waals surface area (Å²) in [6, 6.07) is 16.7. The zero-order valence-electron chi connectivity index (χ0n) is 15.7. The summed E-state index contributed by atoms with van der Waals surface area (Å²) in [5.74, 6) is -1.59. The molecule has 3 aromatic rings. The fourth-order valence-corrected chi connectivity index (χ4v) is 4.25. The molecule has 3 aromatic carbocycles. The first-order valence-corrected chi connectivity index (χ1v) is 11.0. The number of benzene rings is 3. The Morgan fingerprint density at radius 3 is 2.03 bits per heavy atom. The second kappa shape index (κ2) is 8.68. The van der Waals surface area contributed by atoms with E-state index in [-0.39, 0.29) is 16.0 Å². The van der Waals surface area contributed by atoms with Gasteiger partial charge in [0.25, 0.3) is 15.9 Å². The van der Waals surface area contributed by atoms with Gasteiger partial charge in [0.2, 0.25) is 0 Å². The fourth-order valence-electron chi connectivity index (χ4n) is 2.66. The Balaban J connectivity index is 1.83. The predicted octanol–water partition coefficient (Wildman–Crippen LogP) is 4.51. The normalized spacial score (nSPS) is 11.0. The van der Waals surface area contributed by atoms with Gasteiger partial charge in [-0.3, -0.25) is 9.52 Å². The number of anilines is 2. The molecule has 0 fully saturated rings. The fraction of sp³-hybridized carbons (Fsp3) is 0.0476. The van der Waals surface area contributed by atoms with Crippen LogP contribution in [-0.4, -0.2) is 25.4 Å². The topological polar surface area (TPSA) is 113 Å². The number of carbonyl (C=O) groups is 2. The second-order valence-corrected chi connectivity index (χ2v) is 9.00. The lowest BCUT2D eigenvalue weighted by atomic mass is 10.1. The zero-order valence-corrected chi connectivity index (χ0v) is 18.1. The molecule has 0 spiro atoms. The van der Waals surface area contributed by atoms with Crippen molar-refractivity contribution in [1.29, 1.82) is 0 Å². The number of carboxylic acids is 1. The molecule has 0 saturated carbocycles. The van der Waals surface area contributed by atoms with E-state index in [9.17, 15) is 18.0 Å². The van der Waals surface area contributed by atoms with Crippen molar-refractivity contribution in [1.82, 2.24) is 0 Å². The van der Waals surface area contributed by atoms with E-state index in [1.165, 1.54) is 36.4 Å². The molecule has 0 aliphatic heterocycles. The number of sulfonamides is 1. The van der Waals surface area contributed by atoms with Crippen molar-refractivity contribution in [3.63, 3.8) is 0 Å². The molecule has 0 aliphatic rings. The van der Waals surface area contributed by atoms with Gasteiger partial charge >= 0.3 is 5.97 Å². The van der Waals surface area contributed by atoms with Gasteiger partial charge in [0.1, 0.15) is 0 Å². The maximum Gasteiger partial charge on any atom is 0.335 e. The van der Waals surface area contributed by atoms with Crippen molar-refractivity contribution in [2.24, 2.45) is 0 Å². The number of aryl methyl sites for hydroxylation is 1. The van der Waals surface area contributed by atoms with Crippen LogP contribution in [0.3, 0.4) is 0 Å². The Bertz CT molecular complexity index is 1210. The Morgan fingerprint density at radius 1 is 0.867 bits per heavy atom. The molecule has 0 heterocycles. The number of halogens is 1. The number of hydrogen-bond donors (Lipinski definition) is 3. The quantitative estimate of drug-likeness (QED) is 0.472. The van der Waals surface area contributed by atoms with Crippen LogP contribution in [-0.2, 0) is 10.0 Å². The van der Waals surface area contributed by atoms with Crippen LogP contribution in [0.4, 0.5) is 11.4 Å². The summed E-state index contributed by atoms with van der Waals surface area (Å²) >= 11 is 3.29. The highest BCUT2D eigenvalue weighted by Gasteiger charge is 2.19. The largest absolute Gasteiger partial charge is 0.478 e. The third-order valence-corrected chi connectivity index (χ3v) is 6.28. The van der Waals surface area contributed by atoms with Crippen LogP contribution in [0.15, 0.2) is 76.1 Å². The van der Waals surface area contributed by atoms with Gasteiger partial charge in [0.05, 0.1) is 10.5 Å². The average Bonchev–Trinajstić information content (AvgIpc) is 2.70. The van der Waals surface area contributed by atoms with Gasteiger partial charge in [0.15, 0.2) is 0 Å². The van der Waals surface area contributed by atoms with Gasteiger partial charge in [-0.15, -0.1) is 0 Å². The van der Waals surface area contributed by atoms with Crippen LogP contribution in [0.2, 0.25) is 0 Å². The standard InChI is InChI=1S/C21H17BrN2O5S/c1-13-2-3-15(20(25)23-17-8-4-14(5-9-17)21(26)27)12-19(13)30(28,29)24-18-10-6-16(22)7-11-18/h2-12,24H,1H3,(H,23,25)(H,26,27). The van der Waals surface area contributed by atoms with Crippen LogP contribution in [0, 0.1) is 6.92 Å². The summed E-state index contributed by atoms with van der Waals surface area (Å²) in [7, 11) is -3.91. The van der Waals surface area contributed by atoms with Crippen LogP contribution in [0.25, 0.3) is 0 Å². The zero-order chi connectivity index (χ0) is 21.9. The van der Waals surface area contributed by atoms with Crippen LogP contribution < -0.4 is 10.0 Å². The molecular formula is C21H17BrN2O5S. The Morgan fingerprint density at radius 2 is 1.43 bits per heavy atom. The Kier molecular flexibility index (Phi) is 6.23. The number of nitrogens with one attached hydrogen (secondary N) is 2. The Hall–Kier alpha value is -3.17. The van der Waals surface area contributed by atoms with Gasteiger partial charge in [-0.25, -0.2) is 13.2 Å². The molecule has 9 heteroatoms. The van der Waals surface area contributed by atoms with Gasteiger partial charge < -0.3 is 10.4 Å². The van der Waals surface area contributed by atoms with Crippen molar-refractivity contribution < 1.29 is 23.1 Å². The predicted molar refractivity (Wildman–Crippen MR) is 117 cm³/mol. The summed E-state index contributed by atoms with van der Waals surface area (Å²) in [5.41, 5.74) is 1.52. The number of rotatable bonds is 6. The molecule has 30 heavy (non-hydrogen) atoms. The lowest BCUT2D eigenvalue weighted by Crippen LogP contribution is -2.17. The van der Waals surface area contributed by atoms with E-state index in [0.29, 0.717) is 16.9 Å².